The lowest BCUT2D eigenvalue weighted by molar-refractivity contribution is 0.0627. The van der Waals surface area contributed by atoms with Crippen molar-refractivity contribution in [2.24, 2.45) is 0 Å². The third-order valence-corrected chi connectivity index (χ3v) is 7.26. The highest BCUT2D eigenvalue weighted by atomic mass is 79.9. The van der Waals surface area contributed by atoms with Crippen LogP contribution in [0, 0.1) is 6.92 Å². The number of aromatic nitrogens is 1. The zero-order valence-corrected chi connectivity index (χ0v) is 22.3. The van der Waals surface area contributed by atoms with Crippen LogP contribution in [0.5, 0.6) is 11.5 Å². The number of ether oxygens (including phenoxy) is 2. The standard InChI is InChI=1S/C27H29BrClN3O3/c1-19-3-4-21(23(29)15-19)7-14-35-25-17-22(16-24(34-2)26(25)28)27(33)32-12-10-31(11-13-32)18-20-5-8-30-9-6-20/h3-6,8-9,15-17H,7,10-14,18H2,1-2H3. The summed E-state index contributed by atoms with van der Waals surface area (Å²) in [4.78, 5) is 21.6. The number of halogens is 2. The molecule has 3 aromatic rings. The van der Waals surface area contributed by atoms with E-state index in [-0.39, 0.29) is 5.91 Å². The van der Waals surface area contributed by atoms with Gasteiger partial charge >= 0.3 is 0 Å². The molecule has 0 unspecified atom stereocenters. The fourth-order valence-electron chi connectivity index (χ4n) is 4.11. The lowest BCUT2D eigenvalue weighted by atomic mass is 10.1. The van der Waals surface area contributed by atoms with E-state index in [0.29, 0.717) is 47.7 Å². The van der Waals surface area contributed by atoms with Crippen molar-refractivity contribution < 1.29 is 14.3 Å². The molecule has 1 saturated heterocycles. The van der Waals surface area contributed by atoms with Crippen molar-refractivity contribution in [1.29, 1.82) is 0 Å². The minimum atomic E-state index is -0.0224. The first-order valence-corrected chi connectivity index (χ1v) is 12.8. The fourth-order valence-corrected chi connectivity index (χ4v) is 4.95. The Morgan fingerprint density at radius 3 is 2.46 bits per heavy atom. The maximum atomic E-state index is 13.3. The van der Waals surface area contributed by atoms with Crippen LogP contribution in [0.3, 0.4) is 0 Å². The first-order chi connectivity index (χ1) is 16.9. The predicted molar refractivity (Wildman–Crippen MR) is 141 cm³/mol. The molecule has 0 saturated carbocycles. The van der Waals surface area contributed by atoms with Crippen molar-refractivity contribution in [3.05, 3.63) is 86.6 Å². The molecule has 2 aromatic carbocycles. The summed E-state index contributed by atoms with van der Waals surface area (Å²) in [6, 6.07) is 13.6. The lowest BCUT2D eigenvalue weighted by Gasteiger charge is -2.35. The van der Waals surface area contributed by atoms with Crippen LogP contribution in [0.1, 0.15) is 27.0 Å². The van der Waals surface area contributed by atoms with Gasteiger partial charge in [-0.25, -0.2) is 0 Å². The van der Waals surface area contributed by atoms with Crippen LogP contribution in [0.2, 0.25) is 5.02 Å². The molecule has 1 aromatic heterocycles. The molecule has 4 rings (SSSR count). The minimum absolute atomic E-state index is 0.0224. The van der Waals surface area contributed by atoms with E-state index in [4.69, 9.17) is 21.1 Å². The number of hydrogen-bond donors (Lipinski definition) is 0. The molecule has 35 heavy (non-hydrogen) atoms. The van der Waals surface area contributed by atoms with E-state index in [1.165, 1.54) is 5.56 Å². The van der Waals surface area contributed by atoms with Crippen LogP contribution in [0.25, 0.3) is 0 Å². The summed E-state index contributed by atoms with van der Waals surface area (Å²) in [5, 5.41) is 0.734. The number of carbonyl (C=O) groups is 1. The number of benzene rings is 2. The molecular formula is C27H29BrClN3O3. The van der Waals surface area contributed by atoms with Gasteiger partial charge in [0.05, 0.1) is 13.7 Å². The monoisotopic (exact) mass is 557 g/mol. The molecule has 0 radical (unpaired) electrons. The summed E-state index contributed by atoms with van der Waals surface area (Å²) in [7, 11) is 1.59. The number of pyridine rings is 1. The van der Waals surface area contributed by atoms with Gasteiger partial charge in [-0.3, -0.25) is 14.7 Å². The Morgan fingerprint density at radius 2 is 1.77 bits per heavy atom. The maximum Gasteiger partial charge on any atom is 0.254 e. The number of methoxy groups -OCH3 is 1. The third kappa shape index (κ3) is 6.54. The lowest BCUT2D eigenvalue weighted by Crippen LogP contribution is -2.48. The molecule has 184 valence electrons. The fraction of sp³-hybridized carbons (Fsp3) is 0.333. The van der Waals surface area contributed by atoms with E-state index < -0.39 is 0 Å². The molecule has 0 N–H and O–H groups in total. The first-order valence-electron chi connectivity index (χ1n) is 11.6. The smallest absolute Gasteiger partial charge is 0.254 e. The second-order valence-corrected chi connectivity index (χ2v) is 9.81. The van der Waals surface area contributed by atoms with E-state index in [0.717, 1.165) is 35.8 Å². The molecule has 0 atom stereocenters. The molecule has 8 heteroatoms. The van der Waals surface area contributed by atoms with Crippen molar-refractivity contribution in [3.8, 4) is 11.5 Å². The van der Waals surface area contributed by atoms with E-state index >= 15 is 0 Å². The molecule has 1 aliphatic heterocycles. The molecule has 2 heterocycles. The summed E-state index contributed by atoms with van der Waals surface area (Å²) in [6.07, 6.45) is 4.28. The van der Waals surface area contributed by atoms with Crippen LogP contribution in [-0.4, -0.2) is 60.6 Å². The Balaban J connectivity index is 1.40. The van der Waals surface area contributed by atoms with Gasteiger partial charge in [-0.15, -0.1) is 0 Å². The number of nitrogens with zero attached hydrogens (tertiary/aromatic N) is 3. The average molecular weight is 559 g/mol. The Morgan fingerprint density at radius 1 is 1.06 bits per heavy atom. The van der Waals surface area contributed by atoms with E-state index in [2.05, 4.69) is 25.8 Å². The third-order valence-electron chi connectivity index (χ3n) is 6.13. The topological polar surface area (TPSA) is 54.9 Å². The SMILES string of the molecule is COc1cc(C(=O)N2CCN(Cc3ccncc3)CC2)cc(OCCc2ccc(C)cc2Cl)c1Br. The van der Waals surface area contributed by atoms with Gasteiger partial charge in [-0.2, -0.15) is 0 Å². The number of aryl methyl sites for hydroxylation is 1. The molecule has 1 aliphatic rings. The van der Waals surface area contributed by atoms with Crippen molar-refractivity contribution in [2.45, 2.75) is 19.9 Å². The van der Waals surface area contributed by atoms with Gasteiger partial charge in [-0.05, 0) is 69.9 Å². The highest BCUT2D eigenvalue weighted by Gasteiger charge is 2.24. The number of rotatable bonds is 8. The van der Waals surface area contributed by atoms with E-state index in [9.17, 15) is 4.79 Å². The van der Waals surface area contributed by atoms with Gasteiger partial charge in [0.15, 0.2) is 0 Å². The Hall–Kier alpha value is -2.61. The van der Waals surface area contributed by atoms with Gasteiger partial charge in [-0.1, -0.05) is 23.7 Å². The molecule has 0 aliphatic carbocycles. The first kappa shape index (κ1) is 25.5. The normalized spacial score (nSPS) is 14.1. The molecule has 0 spiro atoms. The zero-order valence-electron chi connectivity index (χ0n) is 20.0. The Bertz CT molecular complexity index is 1170. The Kier molecular flexibility index (Phi) is 8.65. The van der Waals surface area contributed by atoms with Crippen LogP contribution >= 0.6 is 27.5 Å². The van der Waals surface area contributed by atoms with Crippen LogP contribution in [-0.2, 0) is 13.0 Å². The van der Waals surface area contributed by atoms with E-state index in [1.54, 1.807) is 19.2 Å². The van der Waals surface area contributed by atoms with Crippen molar-refractivity contribution in [1.82, 2.24) is 14.8 Å². The number of hydrogen-bond acceptors (Lipinski definition) is 5. The quantitative estimate of drug-likeness (QED) is 0.371. The highest BCUT2D eigenvalue weighted by Crippen LogP contribution is 2.36. The molecule has 1 amide bonds. The summed E-state index contributed by atoms with van der Waals surface area (Å²) >= 11 is 9.92. The van der Waals surface area contributed by atoms with Crippen LogP contribution < -0.4 is 9.47 Å². The van der Waals surface area contributed by atoms with Crippen molar-refractivity contribution >= 4 is 33.4 Å². The Labute approximate surface area is 219 Å². The second-order valence-electron chi connectivity index (χ2n) is 8.61. The van der Waals surface area contributed by atoms with Gasteiger partial charge < -0.3 is 14.4 Å². The second kappa shape index (κ2) is 11.9. The van der Waals surface area contributed by atoms with Crippen LogP contribution in [0.4, 0.5) is 0 Å². The zero-order chi connectivity index (χ0) is 24.8. The molecular weight excluding hydrogens is 530 g/mol. The molecule has 0 bridgehead atoms. The summed E-state index contributed by atoms with van der Waals surface area (Å²) in [5.41, 5.74) is 3.93. The molecule has 1 fully saturated rings. The number of carbonyl (C=O) groups excluding carboxylic acids is 1. The minimum Gasteiger partial charge on any atom is -0.495 e. The summed E-state index contributed by atoms with van der Waals surface area (Å²) in [6.45, 7) is 6.29. The molecule has 6 nitrogen and oxygen atoms in total. The number of piperazine rings is 1. The number of amides is 1. The van der Waals surface area contributed by atoms with Crippen molar-refractivity contribution in [2.75, 3.05) is 39.9 Å². The van der Waals surface area contributed by atoms with Crippen LogP contribution in [0.15, 0.2) is 59.3 Å². The predicted octanol–water partition coefficient (Wildman–Crippen LogP) is 5.39. The van der Waals surface area contributed by atoms with Gasteiger partial charge in [0.25, 0.3) is 5.91 Å². The van der Waals surface area contributed by atoms with Gasteiger partial charge in [0.2, 0.25) is 0 Å². The van der Waals surface area contributed by atoms with Gasteiger partial charge in [0, 0.05) is 62.1 Å². The van der Waals surface area contributed by atoms with Crippen molar-refractivity contribution in [3.63, 3.8) is 0 Å². The summed E-state index contributed by atoms with van der Waals surface area (Å²) in [5.74, 6) is 1.12. The largest absolute Gasteiger partial charge is 0.495 e. The average Bonchev–Trinajstić information content (AvgIpc) is 2.87. The summed E-state index contributed by atoms with van der Waals surface area (Å²) < 4.78 is 12.3. The maximum absolute atomic E-state index is 13.3. The van der Waals surface area contributed by atoms with E-state index in [1.807, 2.05) is 54.5 Å². The highest BCUT2D eigenvalue weighted by molar-refractivity contribution is 9.10. The van der Waals surface area contributed by atoms with Gasteiger partial charge in [0.1, 0.15) is 16.0 Å².